The van der Waals surface area contributed by atoms with Gasteiger partial charge in [-0.05, 0) is 59.7 Å². The van der Waals surface area contributed by atoms with E-state index < -0.39 is 11.6 Å². The van der Waals surface area contributed by atoms with Crippen molar-refractivity contribution in [2.75, 3.05) is 0 Å². The third-order valence-corrected chi connectivity index (χ3v) is 7.84. The summed E-state index contributed by atoms with van der Waals surface area (Å²) in [6.07, 6.45) is 3.39. The lowest BCUT2D eigenvalue weighted by atomic mass is 9.98. The molecule has 14 heteroatoms. The second-order valence-electron chi connectivity index (χ2n) is 8.42. The number of hydrogen-bond donors (Lipinski definition) is 3. The second-order valence-corrected chi connectivity index (χ2v) is 10.3. The average Bonchev–Trinajstić information content (AvgIpc) is 3.66. The first-order chi connectivity index (χ1) is 17.7. The number of tetrazole rings is 1. The summed E-state index contributed by atoms with van der Waals surface area (Å²) in [4.78, 5) is 19.3. The van der Waals surface area contributed by atoms with Crippen LogP contribution in [0.3, 0.4) is 0 Å². The van der Waals surface area contributed by atoms with E-state index in [9.17, 15) is 20.2 Å². The molecule has 11 nitrogen and oxygen atoms in total. The molecule has 4 aromatic heterocycles. The SMILES string of the molecule is O=C(O)c1ccc(-c2[nH]c(C3(O)CCc4cc(-c5cc(Cl)ccc5-n5cnnn5)c[n+]([O-])c43)nc2Cl)s1. The highest BCUT2D eigenvalue weighted by Gasteiger charge is 2.49. The van der Waals surface area contributed by atoms with Crippen molar-refractivity contribution in [2.45, 2.75) is 18.4 Å². The minimum Gasteiger partial charge on any atom is -0.618 e. The standard InChI is InChI=1S/C23H15Cl2N7O4S/c24-13-1-2-15(31-10-26-29-30-31)14(8-13)12-7-11-5-6-23(35,19(11)32(36)9-12)22-27-18(20(25)28-22)16-3-4-17(37-16)21(33)34/h1-4,7-10,35H,5-6H2,(H,27,28)(H,33,34). The van der Waals surface area contributed by atoms with Gasteiger partial charge in [0.25, 0.3) is 0 Å². The van der Waals surface area contributed by atoms with Crippen molar-refractivity contribution < 1.29 is 19.7 Å². The highest BCUT2D eigenvalue weighted by Crippen LogP contribution is 2.43. The van der Waals surface area contributed by atoms with Crippen LogP contribution >= 0.6 is 34.5 Å². The quantitative estimate of drug-likeness (QED) is 0.219. The number of carbonyl (C=O) groups is 1. The number of aromatic nitrogens is 7. The van der Waals surface area contributed by atoms with E-state index in [0.29, 0.717) is 49.1 Å². The summed E-state index contributed by atoms with van der Waals surface area (Å²) in [6, 6.07) is 10.1. The zero-order chi connectivity index (χ0) is 25.9. The van der Waals surface area contributed by atoms with Crippen LogP contribution in [0.15, 0.2) is 48.9 Å². The maximum Gasteiger partial charge on any atom is 0.345 e. The van der Waals surface area contributed by atoms with Crippen molar-refractivity contribution in [3.05, 3.63) is 86.3 Å². The molecule has 0 radical (unpaired) electrons. The molecule has 6 rings (SSSR count). The van der Waals surface area contributed by atoms with E-state index in [1.54, 1.807) is 24.3 Å². The molecule has 0 amide bonds. The van der Waals surface area contributed by atoms with Gasteiger partial charge in [-0.15, -0.1) is 16.4 Å². The molecule has 3 N–H and O–H groups in total. The van der Waals surface area contributed by atoms with E-state index in [0.717, 1.165) is 11.3 Å². The summed E-state index contributed by atoms with van der Waals surface area (Å²) in [7, 11) is 0. The zero-order valence-electron chi connectivity index (χ0n) is 18.6. The number of aliphatic hydroxyl groups is 1. The number of halogens is 2. The topological polar surface area (TPSA) is 157 Å². The second kappa shape index (κ2) is 8.63. The fraction of sp³-hybridized carbons (Fsp3) is 0.130. The number of nitrogens with zero attached hydrogens (tertiary/aromatic N) is 6. The molecule has 0 saturated heterocycles. The number of pyridine rings is 1. The van der Waals surface area contributed by atoms with Gasteiger partial charge in [-0.25, -0.2) is 9.78 Å². The fourth-order valence-corrected chi connectivity index (χ4v) is 5.89. The smallest absolute Gasteiger partial charge is 0.345 e. The molecule has 4 heterocycles. The molecule has 37 heavy (non-hydrogen) atoms. The lowest BCUT2D eigenvalue weighted by Crippen LogP contribution is -2.42. The number of fused-ring (bicyclic) bond motifs is 1. The highest BCUT2D eigenvalue weighted by molar-refractivity contribution is 7.17. The maximum atomic E-state index is 13.4. The van der Waals surface area contributed by atoms with Crippen LogP contribution in [-0.4, -0.2) is 46.4 Å². The molecular formula is C23H15Cl2N7O4S. The van der Waals surface area contributed by atoms with Gasteiger partial charge in [0.2, 0.25) is 11.3 Å². The molecule has 1 aliphatic rings. The summed E-state index contributed by atoms with van der Waals surface area (Å²) in [5.41, 5.74) is 1.25. The number of aryl methyl sites for hydroxylation is 1. The summed E-state index contributed by atoms with van der Waals surface area (Å²) in [5.74, 6) is -0.951. The van der Waals surface area contributed by atoms with Gasteiger partial charge >= 0.3 is 5.97 Å². The third kappa shape index (κ3) is 3.85. The first kappa shape index (κ1) is 23.6. The number of benzene rings is 1. The predicted molar refractivity (Wildman–Crippen MR) is 134 cm³/mol. The number of H-pyrrole nitrogens is 1. The Morgan fingerprint density at radius 1 is 1.24 bits per heavy atom. The van der Waals surface area contributed by atoms with Gasteiger partial charge in [0.05, 0.1) is 16.3 Å². The molecule has 0 saturated carbocycles. The Balaban J connectivity index is 1.43. The van der Waals surface area contributed by atoms with Gasteiger partial charge in [0.1, 0.15) is 11.2 Å². The van der Waals surface area contributed by atoms with E-state index in [1.807, 2.05) is 6.07 Å². The highest BCUT2D eigenvalue weighted by atomic mass is 35.5. The van der Waals surface area contributed by atoms with Crippen LogP contribution in [0.25, 0.3) is 27.4 Å². The van der Waals surface area contributed by atoms with Crippen LogP contribution in [-0.2, 0) is 12.0 Å². The van der Waals surface area contributed by atoms with Crippen LogP contribution < -0.4 is 4.73 Å². The summed E-state index contributed by atoms with van der Waals surface area (Å²) in [5, 5.41) is 46.1. The van der Waals surface area contributed by atoms with Crippen LogP contribution in [0, 0.1) is 5.21 Å². The van der Waals surface area contributed by atoms with E-state index in [2.05, 4.69) is 25.5 Å². The molecule has 1 aromatic carbocycles. The number of rotatable bonds is 5. The third-order valence-electron chi connectivity index (χ3n) is 6.24. The number of aromatic carboxylic acids is 1. The van der Waals surface area contributed by atoms with Crippen molar-refractivity contribution in [1.82, 2.24) is 30.2 Å². The predicted octanol–water partition coefficient (Wildman–Crippen LogP) is 3.60. The molecule has 186 valence electrons. The fourth-order valence-electron chi connectivity index (χ4n) is 4.59. The minimum absolute atomic E-state index is 0.0646. The lowest BCUT2D eigenvalue weighted by Gasteiger charge is -2.20. The Hall–Kier alpha value is -3.84. The van der Waals surface area contributed by atoms with Crippen LogP contribution in [0.2, 0.25) is 10.2 Å². The molecule has 0 bridgehead atoms. The average molecular weight is 556 g/mol. The minimum atomic E-state index is -1.72. The van der Waals surface area contributed by atoms with Crippen molar-refractivity contribution in [1.29, 1.82) is 0 Å². The van der Waals surface area contributed by atoms with Crippen molar-refractivity contribution in [3.63, 3.8) is 0 Å². The molecule has 0 spiro atoms. The largest absolute Gasteiger partial charge is 0.618 e. The van der Waals surface area contributed by atoms with Gasteiger partial charge in [0, 0.05) is 21.7 Å². The Bertz CT molecular complexity index is 1680. The Kier molecular flexibility index (Phi) is 5.49. The first-order valence-electron chi connectivity index (χ1n) is 10.9. The summed E-state index contributed by atoms with van der Waals surface area (Å²) in [6.45, 7) is 0. The number of hydrogen-bond acceptors (Lipinski definition) is 8. The van der Waals surface area contributed by atoms with Crippen LogP contribution in [0.1, 0.15) is 33.2 Å². The molecule has 0 fully saturated rings. The van der Waals surface area contributed by atoms with E-state index in [-0.39, 0.29) is 28.0 Å². The van der Waals surface area contributed by atoms with E-state index >= 15 is 0 Å². The molecule has 1 unspecified atom stereocenters. The Morgan fingerprint density at radius 2 is 2.08 bits per heavy atom. The van der Waals surface area contributed by atoms with Gasteiger partial charge < -0.3 is 20.4 Å². The number of carboxylic acid groups (broad SMARTS) is 1. The van der Waals surface area contributed by atoms with Crippen molar-refractivity contribution in [2.24, 2.45) is 0 Å². The molecular weight excluding hydrogens is 541 g/mol. The number of nitrogens with one attached hydrogen (secondary N) is 1. The zero-order valence-corrected chi connectivity index (χ0v) is 20.9. The Labute approximate surface area is 222 Å². The molecule has 1 aliphatic carbocycles. The van der Waals surface area contributed by atoms with Crippen molar-refractivity contribution >= 4 is 40.5 Å². The van der Waals surface area contributed by atoms with E-state index in [4.69, 9.17) is 23.2 Å². The monoisotopic (exact) mass is 555 g/mol. The summed E-state index contributed by atoms with van der Waals surface area (Å²) >= 11 is 13.6. The molecule has 5 aromatic rings. The molecule has 1 atom stereocenters. The number of thiophene rings is 1. The van der Waals surface area contributed by atoms with Gasteiger partial charge in [-0.2, -0.15) is 9.41 Å². The van der Waals surface area contributed by atoms with Crippen LogP contribution in [0.5, 0.6) is 0 Å². The number of carboxylic acids is 1. The number of aromatic amines is 1. The normalized spacial score (nSPS) is 16.7. The molecule has 0 aliphatic heterocycles. The van der Waals surface area contributed by atoms with Gasteiger partial charge in [-0.3, -0.25) is 0 Å². The Morgan fingerprint density at radius 3 is 2.81 bits per heavy atom. The first-order valence-corrected chi connectivity index (χ1v) is 12.4. The maximum absolute atomic E-state index is 13.4. The van der Waals surface area contributed by atoms with E-state index in [1.165, 1.54) is 23.3 Å². The van der Waals surface area contributed by atoms with Gasteiger partial charge in [-0.1, -0.05) is 23.2 Å². The van der Waals surface area contributed by atoms with Gasteiger partial charge in [0.15, 0.2) is 17.2 Å². The number of imidazole rings is 1. The summed E-state index contributed by atoms with van der Waals surface area (Å²) < 4.78 is 2.10. The van der Waals surface area contributed by atoms with Crippen molar-refractivity contribution in [3.8, 4) is 27.4 Å². The lowest BCUT2D eigenvalue weighted by molar-refractivity contribution is -0.620. The van der Waals surface area contributed by atoms with Crippen LogP contribution in [0.4, 0.5) is 0 Å².